The van der Waals surface area contributed by atoms with Crippen molar-refractivity contribution < 1.29 is 62.6 Å². The minimum atomic E-state index is -0.715. The number of aromatic nitrogens is 1. The van der Waals surface area contributed by atoms with Crippen LogP contribution in [0.4, 0.5) is 13.2 Å². The van der Waals surface area contributed by atoms with Crippen molar-refractivity contribution in [3.8, 4) is 22.3 Å². The van der Waals surface area contributed by atoms with Gasteiger partial charge in [-0.05, 0) is 167 Å². The van der Waals surface area contributed by atoms with Crippen LogP contribution in [0, 0.1) is 29.8 Å². The molecule has 0 spiro atoms. The fraction of sp³-hybridized carbons (Fsp3) is 0.412. The van der Waals surface area contributed by atoms with E-state index in [0.29, 0.717) is 46.9 Å². The number of rotatable bonds is 12. The summed E-state index contributed by atoms with van der Waals surface area (Å²) < 4.78 is 56.6. The third-order valence-corrected chi connectivity index (χ3v) is 15.9. The Balaban J connectivity index is 0.000000204. The molecule has 456 valence electrons. The van der Waals surface area contributed by atoms with Crippen LogP contribution in [0.1, 0.15) is 158 Å². The summed E-state index contributed by atoms with van der Waals surface area (Å²) in [5.41, 5.74) is 11.8. The molecule has 85 heavy (non-hydrogen) atoms. The molecule has 3 fully saturated rings. The van der Waals surface area contributed by atoms with Crippen molar-refractivity contribution >= 4 is 70.4 Å². The summed E-state index contributed by atoms with van der Waals surface area (Å²) >= 11 is 19.2. The number of aryl methyl sites for hydroxylation is 1. The van der Waals surface area contributed by atoms with Gasteiger partial charge in [-0.15, -0.1) is 11.6 Å². The van der Waals surface area contributed by atoms with Crippen LogP contribution < -0.4 is 0 Å². The number of carbonyl (C=O) groups excluding carboxylic acids is 3. The number of carbonyl (C=O) groups is 3. The number of alkyl halides is 1. The minimum absolute atomic E-state index is 0. The highest BCUT2D eigenvalue weighted by Gasteiger charge is 2.40. The summed E-state index contributed by atoms with van der Waals surface area (Å²) in [7, 11) is 0. The first-order valence-corrected chi connectivity index (χ1v) is 29.7. The van der Waals surface area contributed by atoms with E-state index in [1.165, 1.54) is 30.3 Å². The van der Waals surface area contributed by atoms with Gasteiger partial charge in [0.05, 0.1) is 43.3 Å². The molecule has 0 saturated carbocycles. The quantitative estimate of drug-likeness (QED) is 0.0617. The molecule has 0 radical (unpaired) electrons. The van der Waals surface area contributed by atoms with Gasteiger partial charge in [-0.1, -0.05) is 120 Å². The molecule has 0 amide bonds. The summed E-state index contributed by atoms with van der Waals surface area (Å²) in [6.07, 6.45) is 11.0. The number of benzene rings is 4. The lowest BCUT2D eigenvalue weighted by Crippen LogP contribution is -2.34. The molecule has 1 aromatic heterocycles. The zero-order valence-corrected chi connectivity index (χ0v) is 51.7. The van der Waals surface area contributed by atoms with E-state index in [1.54, 1.807) is 61.5 Å². The molecule has 5 N–H and O–H groups in total. The van der Waals surface area contributed by atoms with Crippen LogP contribution in [-0.2, 0) is 35.0 Å². The van der Waals surface area contributed by atoms with E-state index in [1.807, 2.05) is 37.3 Å². The third kappa shape index (κ3) is 18.2. The van der Waals surface area contributed by atoms with Gasteiger partial charge in [0.1, 0.15) is 35.8 Å². The fourth-order valence-corrected chi connectivity index (χ4v) is 12.5. The number of esters is 3. The van der Waals surface area contributed by atoms with Crippen LogP contribution >= 0.6 is 34.8 Å². The van der Waals surface area contributed by atoms with E-state index in [4.69, 9.17) is 54.0 Å². The van der Waals surface area contributed by atoms with Crippen LogP contribution in [0.5, 0.6) is 0 Å². The number of pyridine rings is 1. The van der Waals surface area contributed by atoms with Crippen LogP contribution in [0.2, 0.25) is 10.0 Å². The summed E-state index contributed by atoms with van der Waals surface area (Å²) in [4.78, 5) is 39.5. The Morgan fingerprint density at radius 3 is 1.56 bits per heavy atom. The molecule has 17 heteroatoms. The molecule has 11 nitrogen and oxygen atoms in total. The minimum Gasteiger partial charge on any atom is -0.458 e. The number of aliphatic hydroxyl groups is 3. The number of hydrogen-bond acceptors (Lipinski definition) is 10. The van der Waals surface area contributed by atoms with Gasteiger partial charge < -0.3 is 35.0 Å². The maximum atomic E-state index is 13.8. The first-order valence-electron chi connectivity index (χ1n) is 28.5. The first kappa shape index (κ1) is 68.0. The zero-order valence-electron chi connectivity index (χ0n) is 49.5. The number of nitrogens with zero attached hydrogens (tertiary/aromatic N) is 1. The monoisotopic (exact) mass is 1230 g/mol. The maximum Gasteiger partial charge on any atom is 0.309 e. The Morgan fingerprint density at radius 2 is 1.11 bits per heavy atom. The highest BCUT2D eigenvalue weighted by Crippen LogP contribution is 2.51. The Hall–Kier alpha value is -6.10. The smallest absolute Gasteiger partial charge is 0.309 e. The maximum absolute atomic E-state index is 13.8. The standard InChI is InChI=1S/C26H32FNO3.C23H28ClFO3.C19H15Cl2FO3.H2O/c1-6-21-24(17-7-9-18(27)10-8-17)22(26(16(4)5)28-25(21)15(2)3)12-11-20-13-19(29)14-23(30)31-20;1-14-9-15(5-8-20(14)25)18-12-23(4,24)13-22(2,3)19(18)7-6-17-10-16(26)11-21(27)28-17;20-12-7-17(11-1-3-13(22)4-2-11)16(18(21)8-12)6-5-15-9-14(23)10-19(24)25-15;/h7-12,15-16,19-20,29H,6,13-14H2,1-5H3;5-9,16-17,26H,10-13H2,1-4H3;1-8,14-15,23H,9-10H2;1H2/b12-11+;7-6+;6-5+;/t;16-,17?,23?;14-,15?;/m.11./s1. The van der Waals surface area contributed by atoms with Gasteiger partial charge in [-0.2, -0.15) is 0 Å². The van der Waals surface area contributed by atoms with Crippen LogP contribution in [-0.4, -0.2) is 85.2 Å². The van der Waals surface area contributed by atoms with Crippen LogP contribution in [0.3, 0.4) is 0 Å². The number of cyclic esters (lactones) is 3. The average molecular weight is 1230 g/mol. The number of halogens is 6. The topological polar surface area (TPSA) is 184 Å². The molecule has 4 aromatic carbocycles. The molecule has 3 saturated heterocycles. The lowest BCUT2D eigenvalue weighted by atomic mass is 9.67. The largest absolute Gasteiger partial charge is 0.458 e. The van der Waals surface area contributed by atoms with Crippen molar-refractivity contribution in [1.82, 2.24) is 4.98 Å². The van der Waals surface area contributed by atoms with Gasteiger partial charge in [0.2, 0.25) is 0 Å². The average Bonchev–Trinajstić information content (AvgIpc) is 1.37. The summed E-state index contributed by atoms with van der Waals surface area (Å²) in [6, 6.07) is 21.1. The highest BCUT2D eigenvalue weighted by molar-refractivity contribution is 6.36. The Bertz CT molecular complexity index is 3320. The van der Waals surface area contributed by atoms with Gasteiger partial charge in [0.25, 0.3) is 0 Å². The second kappa shape index (κ2) is 29.5. The Morgan fingerprint density at radius 1 is 0.647 bits per heavy atom. The van der Waals surface area contributed by atoms with Gasteiger partial charge in [0.15, 0.2) is 0 Å². The molecule has 3 aliphatic heterocycles. The fourth-order valence-electron chi connectivity index (χ4n) is 11.4. The predicted molar refractivity (Wildman–Crippen MR) is 331 cm³/mol. The number of hydrogen-bond donors (Lipinski definition) is 3. The van der Waals surface area contributed by atoms with Crippen molar-refractivity contribution in [3.63, 3.8) is 0 Å². The van der Waals surface area contributed by atoms with Gasteiger partial charge in [-0.3, -0.25) is 19.4 Å². The normalized spacial score (nSPS) is 23.3. The summed E-state index contributed by atoms with van der Waals surface area (Å²) in [5, 5.41) is 30.4. The molecule has 7 atom stereocenters. The van der Waals surface area contributed by atoms with Crippen molar-refractivity contribution in [2.75, 3.05) is 0 Å². The third-order valence-electron chi connectivity index (χ3n) is 15.1. The molecule has 0 bridgehead atoms. The Kier molecular flexibility index (Phi) is 23.6. The molecule has 4 aliphatic rings. The molecule has 1 aliphatic carbocycles. The number of allylic oxidation sites excluding steroid dienone is 3. The van der Waals surface area contributed by atoms with Crippen molar-refractivity contribution in [2.24, 2.45) is 5.41 Å². The molecule has 5 aromatic rings. The molecule has 4 heterocycles. The molecule has 9 rings (SSSR count). The van der Waals surface area contributed by atoms with Crippen LogP contribution in [0.15, 0.2) is 109 Å². The van der Waals surface area contributed by atoms with E-state index < -0.39 is 53.4 Å². The SMILES string of the molecule is CCc1c(C(C)C)nc(C(C)C)c(/C=C/C2CC(O)CC(=O)O2)c1-c1ccc(F)cc1.Cc1cc(C2=C(/C=C/C3C[C@@H](O)CC(=O)O3)C(C)(C)CC(C)(Cl)C2)ccc1F.O.O=C1C[C@H](O)CC(/C=C/c2c(Cl)cc(Cl)cc2-c2ccc(F)cc2)O1. The van der Waals surface area contributed by atoms with Crippen molar-refractivity contribution in [1.29, 1.82) is 0 Å². The van der Waals surface area contributed by atoms with Gasteiger partial charge in [-0.25, -0.2) is 13.2 Å². The van der Waals surface area contributed by atoms with E-state index in [-0.39, 0.29) is 65.4 Å². The van der Waals surface area contributed by atoms with Crippen molar-refractivity contribution in [3.05, 3.63) is 175 Å². The number of ether oxygens (including phenoxy) is 3. The Labute approximate surface area is 511 Å². The lowest BCUT2D eigenvalue weighted by Gasteiger charge is -2.42. The number of aliphatic hydroxyl groups excluding tert-OH is 3. The summed E-state index contributed by atoms with van der Waals surface area (Å²) in [5.74, 6) is -1.63. The van der Waals surface area contributed by atoms with Crippen molar-refractivity contribution in [2.45, 2.75) is 173 Å². The second-order valence-corrected chi connectivity index (χ2v) is 25.4. The predicted octanol–water partition coefficient (Wildman–Crippen LogP) is 15.2. The second-order valence-electron chi connectivity index (χ2n) is 23.6. The molecule has 5 unspecified atom stereocenters. The zero-order chi connectivity index (χ0) is 61.4. The lowest BCUT2D eigenvalue weighted by molar-refractivity contribution is -0.157. The summed E-state index contributed by atoms with van der Waals surface area (Å²) in [6.45, 7) is 18.7. The van der Waals surface area contributed by atoms with E-state index in [0.717, 1.165) is 74.3 Å². The van der Waals surface area contributed by atoms with E-state index in [9.17, 15) is 42.9 Å². The van der Waals surface area contributed by atoms with Gasteiger partial charge >= 0.3 is 17.9 Å². The van der Waals surface area contributed by atoms with E-state index >= 15 is 0 Å². The van der Waals surface area contributed by atoms with E-state index in [2.05, 4.69) is 48.5 Å². The molecular formula is C68H77Cl3F3NO10. The molecular weight excluding hydrogens is 1150 g/mol. The van der Waals surface area contributed by atoms with Gasteiger partial charge in [0, 0.05) is 51.0 Å². The highest BCUT2D eigenvalue weighted by atomic mass is 35.5. The first-order chi connectivity index (χ1) is 39.6. The van der Waals surface area contributed by atoms with Crippen LogP contribution in [0.25, 0.3) is 40.0 Å².